The van der Waals surface area contributed by atoms with Gasteiger partial charge in [-0.15, -0.1) is 0 Å². The molecule has 2 aromatic rings. The smallest absolute Gasteiger partial charge is 0.350 e. The highest BCUT2D eigenvalue weighted by atomic mass is 79.9. The first kappa shape index (κ1) is 15.5. The Balaban J connectivity index is 2.34. The van der Waals surface area contributed by atoms with Crippen LogP contribution >= 0.6 is 43.2 Å². The Bertz CT molecular complexity index is 647. The normalized spacial score (nSPS) is 10.4. The lowest BCUT2D eigenvalue weighted by Crippen LogP contribution is -1.99. The summed E-state index contributed by atoms with van der Waals surface area (Å²) in [7, 11) is 1.36. The van der Waals surface area contributed by atoms with Gasteiger partial charge < -0.3 is 10.1 Å². The van der Waals surface area contributed by atoms with Crippen LogP contribution in [0.4, 0.5) is 10.8 Å². The molecule has 0 saturated carbocycles. The van der Waals surface area contributed by atoms with Gasteiger partial charge in [-0.25, -0.2) is 9.78 Å². The van der Waals surface area contributed by atoms with Crippen LogP contribution in [0.2, 0.25) is 0 Å². The van der Waals surface area contributed by atoms with Crippen LogP contribution in [0.5, 0.6) is 0 Å². The molecule has 0 amide bonds. The average molecular weight is 420 g/mol. The van der Waals surface area contributed by atoms with Crippen molar-refractivity contribution in [2.75, 3.05) is 12.4 Å². The summed E-state index contributed by atoms with van der Waals surface area (Å²) in [6.45, 7) is 3.80. The van der Waals surface area contributed by atoms with Gasteiger partial charge in [0.05, 0.1) is 18.5 Å². The number of nitrogens with one attached hydrogen (secondary N) is 1. The lowest BCUT2D eigenvalue weighted by atomic mass is 10.2. The summed E-state index contributed by atoms with van der Waals surface area (Å²) >= 11 is 8.30. The first-order valence-corrected chi connectivity index (χ1v) is 8.11. The van der Waals surface area contributed by atoms with Crippen molar-refractivity contribution in [3.63, 3.8) is 0 Å². The van der Waals surface area contributed by atoms with E-state index >= 15 is 0 Å². The number of aromatic nitrogens is 1. The van der Waals surface area contributed by atoms with E-state index in [0.29, 0.717) is 15.7 Å². The number of halogens is 2. The zero-order chi connectivity index (χ0) is 14.9. The number of hydrogen-bond acceptors (Lipinski definition) is 5. The van der Waals surface area contributed by atoms with Gasteiger partial charge in [-0.1, -0.05) is 11.3 Å². The van der Waals surface area contributed by atoms with Crippen molar-refractivity contribution in [1.29, 1.82) is 0 Å². The van der Waals surface area contributed by atoms with Crippen LogP contribution < -0.4 is 5.32 Å². The van der Waals surface area contributed by atoms with Gasteiger partial charge in [0.2, 0.25) is 0 Å². The standard InChI is InChI=1S/C13H12Br2N2O2S/c1-6-4-8(14)10(9(15)5-6)17-13-16-7(2)11(20-13)12(18)19-3/h4-5H,1-3H3,(H,16,17). The number of carbonyl (C=O) groups is 1. The lowest BCUT2D eigenvalue weighted by molar-refractivity contribution is 0.0605. The van der Waals surface area contributed by atoms with E-state index in [4.69, 9.17) is 4.74 Å². The Morgan fingerprint density at radius 3 is 2.45 bits per heavy atom. The maximum atomic E-state index is 11.6. The first-order chi connectivity index (χ1) is 9.42. The third-order valence-electron chi connectivity index (χ3n) is 2.59. The number of esters is 1. The second kappa shape index (κ2) is 6.24. The predicted molar refractivity (Wildman–Crippen MR) is 88.1 cm³/mol. The van der Waals surface area contributed by atoms with Gasteiger partial charge in [-0.2, -0.15) is 0 Å². The highest BCUT2D eigenvalue weighted by Gasteiger charge is 2.17. The Labute approximate surface area is 137 Å². The fraction of sp³-hybridized carbons (Fsp3) is 0.231. The van der Waals surface area contributed by atoms with Gasteiger partial charge in [0, 0.05) is 8.95 Å². The molecule has 0 saturated heterocycles. The monoisotopic (exact) mass is 418 g/mol. The molecule has 0 fully saturated rings. The van der Waals surface area contributed by atoms with Crippen molar-refractivity contribution in [1.82, 2.24) is 4.98 Å². The summed E-state index contributed by atoms with van der Waals surface area (Å²) in [6, 6.07) is 4.02. The van der Waals surface area contributed by atoms with Crippen molar-refractivity contribution >= 4 is 60.0 Å². The lowest BCUT2D eigenvalue weighted by Gasteiger charge is -2.09. The Hall–Kier alpha value is -0.920. The van der Waals surface area contributed by atoms with Crippen molar-refractivity contribution < 1.29 is 9.53 Å². The number of thiazole rings is 1. The molecule has 0 aliphatic carbocycles. The Morgan fingerprint density at radius 2 is 1.90 bits per heavy atom. The first-order valence-electron chi connectivity index (χ1n) is 5.70. The fourth-order valence-corrected chi connectivity index (χ4v) is 4.16. The second-order valence-electron chi connectivity index (χ2n) is 4.15. The van der Waals surface area contributed by atoms with E-state index in [2.05, 4.69) is 42.2 Å². The minimum Gasteiger partial charge on any atom is -0.465 e. The molecule has 0 aliphatic heterocycles. The van der Waals surface area contributed by atoms with Crippen molar-refractivity contribution in [3.05, 3.63) is 37.2 Å². The molecule has 0 spiro atoms. The zero-order valence-corrected chi connectivity index (χ0v) is 15.1. The molecule has 0 aliphatic rings. The van der Waals surface area contributed by atoms with Crippen molar-refractivity contribution in [3.8, 4) is 0 Å². The number of anilines is 2. The molecule has 2 rings (SSSR count). The molecule has 1 aromatic carbocycles. The summed E-state index contributed by atoms with van der Waals surface area (Å²) in [5.41, 5.74) is 2.67. The Kier molecular flexibility index (Phi) is 4.82. The molecule has 1 N–H and O–H groups in total. The summed E-state index contributed by atoms with van der Waals surface area (Å²) in [6.07, 6.45) is 0. The molecule has 0 atom stereocenters. The summed E-state index contributed by atoms with van der Waals surface area (Å²) in [5.74, 6) is -0.366. The predicted octanol–water partition coefficient (Wildman–Crippen LogP) is 4.82. The van der Waals surface area contributed by atoms with E-state index in [1.54, 1.807) is 6.92 Å². The molecule has 0 radical (unpaired) electrons. The van der Waals surface area contributed by atoms with Crippen LogP contribution in [0.15, 0.2) is 21.1 Å². The number of rotatable bonds is 3. The Morgan fingerprint density at radius 1 is 1.30 bits per heavy atom. The number of methoxy groups -OCH3 is 1. The summed E-state index contributed by atoms with van der Waals surface area (Å²) in [4.78, 5) is 16.4. The highest BCUT2D eigenvalue weighted by Crippen LogP contribution is 2.36. The molecule has 106 valence electrons. The molecule has 20 heavy (non-hydrogen) atoms. The van der Waals surface area contributed by atoms with E-state index in [9.17, 15) is 4.79 Å². The number of ether oxygens (including phenoxy) is 1. The van der Waals surface area contributed by atoms with Gasteiger partial charge in [0.25, 0.3) is 0 Å². The van der Waals surface area contributed by atoms with Crippen LogP contribution in [0.3, 0.4) is 0 Å². The zero-order valence-electron chi connectivity index (χ0n) is 11.1. The fourth-order valence-electron chi connectivity index (χ4n) is 1.66. The van der Waals surface area contributed by atoms with Gasteiger partial charge in [0.15, 0.2) is 5.13 Å². The maximum Gasteiger partial charge on any atom is 0.350 e. The van der Waals surface area contributed by atoms with E-state index in [1.807, 2.05) is 19.1 Å². The number of hydrogen-bond donors (Lipinski definition) is 1. The number of nitrogens with zero attached hydrogens (tertiary/aromatic N) is 1. The maximum absolute atomic E-state index is 11.6. The minimum absolute atomic E-state index is 0.366. The molecule has 7 heteroatoms. The second-order valence-corrected chi connectivity index (χ2v) is 6.86. The molecule has 0 bridgehead atoms. The molecule has 1 heterocycles. The van der Waals surface area contributed by atoms with E-state index in [0.717, 1.165) is 20.2 Å². The van der Waals surface area contributed by atoms with Gasteiger partial charge in [-0.05, 0) is 63.4 Å². The molecule has 1 aromatic heterocycles. The third kappa shape index (κ3) is 3.21. The third-order valence-corrected chi connectivity index (χ3v) is 4.89. The molecule has 4 nitrogen and oxygen atoms in total. The highest BCUT2D eigenvalue weighted by molar-refractivity contribution is 9.11. The SMILES string of the molecule is COC(=O)c1sc(Nc2c(Br)cc(C)cc2Br)nc1C. The van der Waals surface area contributed by atoms with Crippen LogP contribution in [-0.2, 0) is 4.74 Å². The van der Waals surface area contributed by atoms with Crippen molar-refractivity contribution in [2.45, 2.75) is 13.8 Å². The van der Waals surface area contributed by atoms with E-state index in [1.165, 1.54) is 18.4 Å². The topological polar surface area (TPSA) is 51.2 Å². The summed E-state index contributed by atoms with van der Waals surface area (Å²) in [5, 5.41) is 3.86. The van der Waals surface area contributed by atoms with E-state index in [-0.39, 0.29) is 5.97 Å². The van der Waals surface area contributed by atoms with E-state index < -0.39 is 0 Å². The largest absolute Gasteiger partial charge is 0.465 e. The van der Waals surface area contributed by atoms with Gasteiger partial charge in [-0.3, -0.25) is 0 Å². The average Bonchev–Trinajstić information content (AvgIpc) is 2.74. The molecular formula is C13H12Br2N2O2S. The van der Waals surface area contributed by atoms with Gasteiger partial charge in [0.1, 0.15) is 4.88 Å². The van der Waals surface area contributed by atoms with Gasteiger partial charge >= 0.3 is 5.97 Å². The number of carbonyl (C=O) groups excluding carboxylic acids is 1. The van der Waals surface area contributed by atoms with Crippen LogP contribution in [0, 0.1) is 13.8 Å². The number of benzene rings is 1. The van der Waals surface area contributed by atoms with Crippen LogP contribution in [0.25, 0.3) is 0 Å². The molecular weight excluding hydrogens is 408 g/mol. The van der Waals surface area contributed by atoms with Crippen LogP contribution in [0.1, 0.15) is 20.9 Å². The molecule has 0 unspecified atom stereocenters. The minimum atomic E-state index is -0.366. The summed E-state index contributed by atoms with van der Waals surface area (Å²) < 4.78 is 6.58. The quantitative estimate of drug-likeness (QED) is 0.725. The number of aryl methyl sites for hydroxylation is 2. The van der Waals surface area contributed by atoms with Crippen LogP contribution in [-0.4, -0.2) is 18.1 Å². The van der Waals surface area contributed by atoms with Crippen molar-refractivity contribution in [2.24, 2.45) is 0 Å².